The zero-order valence-electron chi connectivity index (χ0n) is 11.3. The van der Waals surface area contributed by atoms with Crippen LogP contribution in [-0.2, 0) is 0 Å². The second-order valence-electron chi connectivity index (χ2n) is 5.79. The summed E-state index contributed by atoms with van der Waals surface area (Å²) < 4.78 is 0. The number of nitrogens with one attached hydrogen (secondary N) is 1. The van der Waals surface area contributed by atoms with Crippen LogP contribution >= 0.6 is 0 Å². The summed E-state index contributed by atoms with van der Waals surface area (Å²) in [7, 11) is 0. The van der Waals surface area contributed by atoms with Crippen molar-refractivity contribution < 1.29 is 0 Å². The fourth-order valence-corrected chi connectivity index (χ4v) is 3.60. The van der Waals surface area contributed by atoms with Gasteiger partial charge in [0.2, 0.25) is 0 Å². The Morgan fingerprint density at radius 1 is 1.11 bits per heavy atom. The van der Waals surface area contributed by atoms with E-state index in [1.165, 1.54) is 44.3 Å². The molecule has 2 aliphatic heterocycles. The highest BCUT2D eigenvalue weighted by Gasteiger charge is 2.35. The molecule has 0 aromatic heterocycles. The minimum Gasteiger partial charge on any atom is -0.306 e. The molecule has 0 spiro atoms. The zero-order chi connectivity index (χ0) is 12.4. The summed E-state index contributed by atoms with van der Waals surface area (Å²) in [6.07, 6.45) is 5.53. The Hall–Kier alpha value is -0.860. The number of benzene rings is 1. The molecule has 0 bridgehead atoms. The van der Waals surface area contributed by atoms with E-state index >= 15 is 0 Å². The minimum atomic E-state index is 0.470. The minimum absolute atomic E-state index is 0.470. The van der Waals surface area contributed by atoms with Gasteiger partial charge in [-0.25, -0.2) is 0 Å². The van der Waals surface area contributed by atoms with Crippen LogP contribution < -0.4 is 5.32 Å². The smallest absolute Gasteiger partial charge is 0.0295 e. The summed E-state index contributed by atoms with van der Waals surface area (Å²) in [5, 5.41) is 3.85. The van der Waals surface area contributed by atoms with Crippen molar-refractivity contribution in [3.05, 3.63) is 35.9 Å². The Morgan fingerprint density at radius 3 is 2.78 bits per heavy atom. The van der Waals surface area contributed by atoms with E-state index in [1.807, 2.05) is 0 Å². The molecule has 0 saturated carbocycles. The van der Waals surface area contributed by atoms with Crippen LogP contribution in [0.4, 0.5) is 0 Å². The lowest BCUT2D eigenvalue weighted by Crippen LogP contribution is -2.45. The first-order chi connectivity index (χ1) is 8.84. The van der Waals surface area contributed by atoms with Gasteiger partial charge < -0.3 is 5.32 Å². The van der Waals surface area contributed by atoms with Crippen molar-refractivity contribution in [3.63, 3.8) is 0 Å². The number of hydrogen-bond acceptors (Lipinski definition) is 2. The van der Waals surface area contributed by atoms with Gasteiger partial charge in [-0.3, -0.25) is 4.90 Å². The van der Waals surface area contributed by atoms with E-state index in [0.29, 0.717) is 12.1 Å². The predicted molar refractivity (Wildman–Crippen MR) is 75.6 cm³/mol. The van der Waals surface area contributed by atoms with E-state index in [1.54, 1.807) is 0 Å². The fraction of sp³-hybridized carbons (Fsp3) is 0.625. The third kappa shape index (κ3) is 2.45. The summed E-state index contributed by atoms with van der Waals surface area (Å²) in [5.41, 5.74) is 1.41. The molecule has 2 nitrogen and oxygen atoms in total. The van der Waals surface area contributed by atoms with Crippen LogP contribution in [0.1, 0.15) is 44.2 Å². The first-order valence-corrected chi connectivity index (χ1v) is 7.39. The quantitative estimate of drug-likeness (QED) is 0.879. The summed E-state index contributed by atoms with van der Waals surface area (Å²) in [4.78, 5) is 2.69. The summed E-state index contributed by atoms with van der Waals surface area (Å²) in [6.45, 7) is 4.91. The molecular formula is C16H24N2. The Labute approximate surface area is 110 Å². The standard InChI is InChI=1S/C16H24N2/c1-13(14-7-3-2-4-8-14)17-15-10-12-18-11-6-5-9-16(15)18/h2-4,7-8,13,15-17H,5-6,9-12H2,1H3/t13-,15?,16?/m0/s1. The second-order valence-corrected chi connectivity index (χ2v) is 5.79. The summed E-state index contributed by atoms with van der Waals surface area (Å²) in [5.74, 6) is 0. The lowest BCUT2D eigenvalue weighted by Gasteiger charge is -2.34. The van der Waals surface area contributed by atoms with Crippen LogP contribution in [0.5, 0.6) is 0 Å². The Bertz CT molecular complexity index is 376. The van der Waals surface area contributed by atoms with Crippen molar-refractivity contribution in [1.82, 2.24) is 10.2 Å². The maximum atomic E-state index is 3.85. The van der Waals surface area contributed by atoms with E-state index in [-0.39, 0.29) is 0 Å². The van der Waals surface area contributed by atoms with Crippen LogP contribution in [0, 0.1) is 0 Å². The molecule has 0 radical (unpaired) electrons. The summed E-state index contributed by atoms with van der Waals surface area (Å²) >= 11 is 0. The van der Waals surface area contributed by atoms with Crippen molar-refractivity contribution in [3.8, 4) is 0 Å². The summed E-state index contributed by atoms with van der Waals surface area (Å²) in [6, 6.07) is 12.8. The van der Waals surface area contributed by atoms with Gasteiger partial charge in [-0.05, 0) is 38.3 Å². The lowest BCUT2D eigenvalue weighted by molar-refractivity contribution is 0.177. The van der Waals surface area contributed by atoms with E-state index in [4.69, 9.17) is 0 Å². The topological polar surface area (TPSA) is 15.3 Å². The first-order valence-electron chi connectivity index (χ1n) is 7.39. The highest BCUT2D eigenvalue weighted by Crippen LogP contribution is 2.28. The molecule has 2 heteroatoms. The van der Waals surface area contributed by atoms with Gasteiger partial charge in [0.1, 0.15) is 0 Å². The van der Waals surface area contributed by atoms with Gasteiger partial charge in [-0.15, -0.1) is 0 Å². The van der Waals surface area contributed by atoms with Gasteiger partial charge in [0.05, 0.1) is 0 Å². The number of fused-ring (bicyclic) bond motifs is 1. The van der Waals surface area contributed by atoms with Gasteiger partial charge in [0.25, 0.3) is 0 Å². The van der Waals surface area contributed by atoms with Gasteiger partial charge in [-0.1, -0.05) is 36.8 Å². The predicted octanol–water partition coefficient (Wildman–Crippen LogP) is 2.96. The average Bonchev–Trinajstić information content (AvgIpc) is 2.83. The van der Waals surface area contributed by atoms with Crippen LogP contribution in [0.15, 0.2) is 30.3 Å². The molecule has 1 N–H and O–H groups in total. The second kappa shape index (κ2) is 5.41. The van der Waals surface area contributed by atoms with E-state index in [2.05, 4.69) is 47.5 Å². The fourth-order valence-electron chi connectivity index (χ4n) is 3.60. The third-order valence-electron chi connectivity index (χ3n) is 4.62. The zero-order valence-corrected chi connectivity index (χ0v) is 11.3. The van der Waals surface area contributed by atoms with Crippen LogP contribution in [0.2, 0.25) is 0 Å². The van der Waals surface area contributed by atoms with Crippen molar-refractivity contribution >= 4 is 0 Å². The number of hydrogen-bond donors (Lipinski definition) is 1. The maximum absolute atomic E-state index is 3.85. The van der Waals surface area contributed by atoms with Crippen molar-refractivity contribution in [2.75, 3.05) is 13.1 Å². The highest BCUT2D eigenvalue weighted by molar-refractivity contribution is 5.18. The van der Waals surface area contributed by atoms with E-state index in [9.17, 15) is 0 Å². The lowest BCUT2D eigenvalue weighted by atomic mass is 9.97. The molecule has 1 aromatic carbocycles. The number of piperidine rings is 1. The molecule has 2 heterocycles. The van der Waals surface area contributed by atoms with E-state index in [0.717, 1.165) is 6.04 Å². The van der Waals surface area contributed by atoms with Crippen molar-refractivity contribution in [1.29, 1.82) is 0 Å². The van der Waals surface area contributed by atoms with E-state index < -0.39 is 0 Å². The molecule has 3 atom stereocenters. The molecule has 2 saturated heterocycles. The van der Waals surface area contributed by atoms with Gasteiger partial charge in [-0.2, -0.15) is 0 Å². The third-order valence-corrected chi connectivity index (χ3v) is 4.62. The van der Waals surface area contributed by atoms with Gasteiger partial charge in [0, 0.05) is 24.7 Å². The molecule has 2 unspecified atom stereocenters. The molecule has 0 aliphatic carbocycles. The average molecular weight is 244 g/mol. The largest absolute Gasteiger partial charge is 0.306 e. The van der Waals surface area contributed by atoms with Gasteiger partial charge >= 0.3 is 0 Å². The van der Waals surface area contributed by atoms with Crippen LogP contribution in [0.25, 0.3) is 0 Å². The first kappa shape index (κ1) is 12.2. The Kier molecular flexibility index (Phi) is 3.67. The molecule has 0 amide bonds. The maximum Gasteiger partial charge on any atom is 0.0295 e. The molecule has 2 fully saturated rings. The molecule has 98 valence electrons. The molecule has 3 rings (SSSR count). The highest BCUT2D eigenvalue weighted by atomic mass is 15.2. The normalized spacial score (nSPS) is 30.1. The van der Waals surface area contributed by atoms with Crippen molar-refractivity contribution in [2.45, 2.75) is 50.7 Å². The number of nitrogens with zero attached hydrogens (tertiary/aromatic N) is 1. The Balaban J connectivity index is 1.63. The molecular weight excluding hydrogens is 220 g/mol. The molecule has 18 heavy (non-hydrogen) atoms. The van der Waals surface area contributed by atoms with Crippen LogP contribution in [-0.4, -0.2) is 30.1 Å². The number of rotatable bonds is 3. The monoisotopic (exact) mass is 244 g/mol. The molecule has 1 aromatic rings. The van der Waals surface area contributed by atoms with Crippen LogP contribution in [0.3, 0.4) is 0 Å². The SMILES string of the molecule is C[C@H](NC1CCN2CCCCC12)c1ccccc1. The Morgan fingerprint density at radius 2 is 1.94 bits per heavy atom. The van der Waals surface area contributed by atoms with Crippen molar-refractivity contribution in [2.24, 2.45) is 0 Å². The molecule has 2 aliphatic rings. The van der Waals surface area contributed by atoms with Gasteiger partial charge in [0.15, 0.2) is 0 Å².